The second-order valence-corrected chi connectivity index (χ2v) is 10.7. The van der Waals surface area contributed by atoms with Crippen LogP contribution in [0.4, 0.5) is 0 Å². The highest BCUT2D eigenvalue weighted by Gasteiger charge is 2.39. The van der Waals surface area contributed by atoms with Crippen molar-refractivity contribution in [1.82, 2.24) is 14.6 Å². The fourth-order valence-corrected chi connectivity index (χ4v) is 5.69. The first-order valence-corrected chi connectivity index (χ1v) is 12.9. The van der Waals surface area contributed by atoms with Crippen molar-refractivity contribution in [3.05, 3.63) is 36.0 Å². The van der Waals surface area contributed by atoms with Crippen LogP contribution < -0.4 is 16.2 Å². The summed E-state index contributed by atoms with van der Waals surface area (Å²) < 4.78 is 29.4. The Morgan fingerprint density at radius 1 is 1.34 bits per heavy atom. The van der Waals surface area contributed by atoms with E-state index in [1.807, 2.05) is 19.9 Å². The number of carboxylic acids is 1. The molecule has 190 valence electrons. The minimum Gasteiger partial charge on any atom is -0.480 e. The molecule has 3 atom stereocenters. The standard InChI is InChI=1S/C23H32N6O5S/c1-14-8-10-29(18(12-14)22(31)32)21(30)17(6-4-9-26-23(24)25)28-35(33,34)19-7-3-5-16-11-15(2)13-27-20(16)19/h3,5,7,11,13-14,17-18,28H,4,6,8-10,12H2,1-2H3,(H,31,32)(H4,24,25,26)/t14-,17-,18-/m1/s1. The molecule has 12 heteroatoms. The highest BCUT2D eigenvalue weighted by Crippen LogP contribution is 2.26. The van der Waals surface area contributed by atoms with E-state index in [9.17, 15) is 23.1 Å². The first-order valence-electron chi connectivity index (χ1n) is 11.5. The van der Waals surface area contributed by atoms with Crippen molar-refractivity contribution in [2.45, 2.75) is 56.5 Å². The fraction of sp³-hybridized carbons (Fsp3) is 0.478. The summed E-state index contributed by atoms with van der Waals surface area (Å²) in [6, 6.07) is 4.42. The summed E-state index contributed by atoms with van der Waals surface area (Å²) in [5.41, 5.74) is 11.9. The third-order valence-electron chi connectivity index (χ3n) is 6.07. The van der Waals surface area contributed by atoms with Crippen molar-refractivity contribution in [3.63, 3.8) is 0 Å². The van der Waals surface area contributed by atoms with Gasteiger partial charge in [0.1, 0.15) is 17.0 Å². The number of benzene rings is 1. The molecule has 1 fully saturated rings. The maximum absolute atomic E-state index is 13.5. The van der Waals surface area contributed by atoms with E-state index in [4.69, 9.17) is 11.5 Å². The number of aliphatic carboxylic acids is 1. The van der Waals surface area contributed by atoms with E-state index in [2.05, 4.69) is 14.7 Å². The number of aryl methyl sites for hydroxylation is 1. The van der Waals surface area contributed by atoms with E-state index in [1.54, 1.807) is 18.3 Å². The monoisotopic (exact) mass is 504 g/mol. The maximum Gasteiger partial charge on any atom is 0.326 e. The summed E-state index contributed by atoms with van der Waals surface area (Å²) in [4.78, 5) is 34.8. The minimum atomic E-state index is -4.18. The zero-order valence-electron chi connectivity index (χ0n) is 19.8. The summed E-state index contributed by atoms with van der Waals surface area (Å²) in [5.74, 6) is -1.66. The van der Waals surface area contributed by atoms with Gasteiger partial charge in [0, 0.05) is 24.7 Å². The number of aromatic nitrogens is 1. The maximum atomic E-state index is 13.5. The highest BCUT2D eigenvalue weighted by atomic mass is 32.2. The number of carbonyl (C=O) groups is 2. The smallest absolute Gasteiger partial charge is 0.326 e. The number of nitrogens with two attached hydrogens (primary N) is 2. The number of nitrogens with one attached hydrogen (secondary N) is 1. The van der Waals surface area contributed by atoms with Gasteiger partial charge in [0.2, 0.25) is 15.9 Å². The van der Waals surface area contributed by atoms with Gasteiger partial charge in [-0.3, -0.25) is 14.8 Å². The van der Waals surface area contributed by atoms with E-state index in [0.29, 0.717) is 24.6 Å². The Kier molecular flexibility index (Phi) is 8.28. The van der Waals surface area contributed by atoms with Gasteiger partial charge in [0.25, 0.3) is 0 Å². The number of pyridine rings is 1. The Morgan fingerprint density at radius 2 is 2.09 bits per heavy atom. The molecule has 1 saturated heterocycles. The summed E-state index contributed by atoms with van der Waals surface area (Å²) in [7, 11) is -4.18. The number of hydrogen-bond acceptors (Lipinski definition) is 6. The van der Waals surface area contributed by atoms with Crippen molar-refractivity contribution in [2.24, 2.45) is 22.4 Å². The lowest BCUT2D eigenvalue weighted by Gasteiger charge is -2.38. The molecule has 2 aromatic rings. The van der Waals surface area contributed by atoms with Gasteiger partial charge in [-0.15, -0.1) is 0 Å². The molecule has 0 saturated carbocycles. The zero-order chi connectivity index (χ0) is 25.8. The molecule has 0 bridgehead atoms. The number of aliphatic imine (C=N–C) groups is 1. The van der Waals surface area contributed by atoms with Crippen LogP contribution in [0.2, 0.25) is 0 Å². The largest absolute Gasteiger partial charge is 0.480 e. The number of fused-ring (bicyclic) bond motifs is 1. The van der Waals surface area contributed by atoms with E-state index in [0.717, 1.165) is 5.56 Å². The molecule has 1 aromatic heterocycles. The van der Waals surface area contributed by atoms with Gasteiger partial charge >= 0.3 is 5.97 Å². The van der Waals surface area contributed by atoms with Crippen LogP contribution in [0.1, 0.15) is 38.2 Å². The van der Waals surface area contributed by atoms with Gasteiger partial charge in [-0.05, 0) is 56.2 Å². The predicted octanol–water partition coefficient (Wildman–Crippen LogP) is 0.955. The minimum absolute atomic E-state index is 0.0564. The van der Waals surface area contributed by atoms with Crippen LogP contribution >= 0.6 is 0 Å². The Bertz CT molecular complexity index is 1230. The Labute approximate surface area is 204 Å². The van der Waals surface area contributed by atoms with Gasteiger partial charge in [-0.1, -0.05) is 19.1 Å². The van der Waals surface area contributed by atoms with Crippen LogP contribution in [0, 0.1) is 12.8 Å². The number of guanidine groups is 1. The number of nitrogens with zero attached hydrogens (tertiary/aromatic N) is 3. The highest BCUT2D eigenvalue weighted by molar-refractivity contribution is 7.89. The lowest BCUT2D eigenvalue weighted by Crippen LogP contribution is -2.56. The quantitative estimate of drug-likeness (QED) is 0.221. The van der Waals surface area contributed by atoms with Crippen LogP contribution in [0.25, 0.3) is 10.9 Å². The van der Waals surface area contributed by atoms with Gasteiger partial charge in [0.05, 0.1) is 5.52 Å². The van der Waals surface area contributed by atoms with Crippen molar-refractivity contribution < 1.29 is 23.1 Å². The molecule has 1 amide bonds. The Balaban J connectivity index is 1.92. The molecule has 0 unspecified atom stereocenters. The van der Waals surface area contributed by atoms with Gasteiger partial charge in [-0.2, -0.15) is 4.72 Å². The molecular weight excluding hydrogens is 472 g/mol. The number of likely N-dealkylation sites (tertiary alicyclic amines) is 1. The average Bonchev–Trinajstić information content (AvgIpc) is 2.79. The first-order chi connectivity index (χ1) is 16.5. The molecule has 11 nitrogen and oxygen atoms in total. The van der Waals surface area contributed by atoms with E-state index in [1.165, 1.54) is 11.0 Å². The van der Waals surface area contributed by atoms with Crippen LogP contribution in [0.3, 0.4) is 0 Å². The number of hydrogen-bond donors (Lipinski definition) is 4. The normalized spacial score (nSPS) is 19.3. The number of carboxylic acid groups (broad SMARTS) is 1. The van der Waals surface area contributed by atoms with E-state index in [-0.39, 0.29) is 41.8 Å². The third-order valence-corrected chi connectivity index (χ3v) is 7.58. The Morgan fingerprint density at radius 3 is 2.77 bits per heavy atom. The summed E-state index contributed by atoms with van der Waals surface area (Å²) in [6.45, 7) is 4.22. The molecule has 3 rings (SSSR count). The molecule has 6 N–H and O–H groups in total. The molecule has 2 heterocycles. The van der Waals surface area contributed by atoms with Crippen LogP contribution in [0.15, 0.2) is 40.4 Å². The number of rotatable bonds is 9. The molecule has 1 aliphatic heterocycles. The molecule has 1 aromatic carbocycles. The molecular formula is C23H32N6O5S. The lowest BCUT2D eigenvalue weighted by molar-refractivity contribution is -0.153. The van der Waals surface area contributed by atoms with Crippen molar-refractivity contribution in [3.8, 4) is 0 Å². The molecule has 1 aliphatic rings. The second-order valence-electron chi connectivity index (χ2n) is 8.98. The average molecular weight is 505 g/mol. The molecule has 35 heavy (non-hydrogen) atoms. The van der Waals surface area contributed by atoms with Crippen LogP contribution in [-0.4, -0.2) is 66.4 Å². The number of sulfonamides is 1. The number of carbonyl (C=O) groups excluding carboxylic acids is 1. The van der Waals surface area contributed by atoms with Gasteiger partial charge in [0.15, 0.2) is 5.96 Å². The van der Waals surface area contributed by atoms with Gasteiger partial charge in [-0.25, -0.2) is 13.2 Å². The molecule has 0 radical (unpaired) electrons. The number of amides is 1. The van der Waals surface area contributed by atoms with E-state index < -0.39 is 34.0 Å². The van der Waals surface area contributed by atoms with Crippen molar-refractivity contribution in [2.75, 3.05) is 13.1 Å². The molecule has 0 aliphatic carbocycles. The summed E-state index contributed by atoms with van der Waals surface area (Å²) >= 11 is 0. The van der Waals surface area contributed by atoms with Crippen LogP contribution in [-0.2, 0) is 19.6 Å². The molecule has 0 spiro atoms. The number of para-hydroxylation sites is 1. The summed E-state index contributed by atoms with van der Waals surface area (Å²) in [6.07, 6.45) is 2.92. The zero-order valence-corrected chi connectivity index (χ0v) is 20.7. The predicted molar refractivity (Wildman–Crippen MR) is 132 cm³/mol. The number of piperidine rings is 1. The van der Waals surface area contributed by atoms with Gasteiger partial charge < -0.3 is 21.5 Å². The topological polar surface area (TPSA) is 181 Å². The third kappa shape index (κ3) is 6.45. The SMILES string of the molecule is Cc1cnc2c(S(=O)(=O)N[C@H](CCCN=C(N)N)C(=O)N3CC[C@@H](C)C[C@@H]3C(=O)O)cccc2c1. The lowest BCUT2D eigenvalue weighted by atomic mass is 9.91. The van der Waals surface area contributed by atoms with Crippen LogP contribution in [0.5, 0.6) is 0 Å². The van der Waals surface area contributed by atoms with Crippen molar-refractivity contribution in [1.29, 1.82) is 0 Å². The summed E-state index contributed by atoms with van der Waals surface area (Å²) in [5, 5.41) is 10.3. The fourth-order valence-electron chi connectivity index (χ4n) is 4.29. The first kappa shape index (κ1) is 26.4. The van der Waals surface area contributed by atoms with E-state index >= 15 is 0 Å². The second kappa shape index (κ2) is 11.0. The van der Waals surface area contributed by atoms with Crippen molar-refractivity contribution >= 4 is 38.8 Å². The Hall–Kier alpha value is -3.25.